The van der Waals surface area contributed by atoms with E-state index in [1.165, 1.54) is 25.7 Å². The SMILES string of the molecule is CC(O)CCC(C)C1CCC2C3CC(O)C4CC(O)CCC4(C)C3CCC12C. The average molecular weight is 393 g/mol. The van der Waals surface area contributed by atoms with Gasteiger partial charge in [-0.05, 0) is 117 Å². The van der Waals surface area contributed by atoms with Crippen LogP contribution in [0.2, 0.25) is 0 Å². The maximum Gasteiger partial charge on any atom is 0.0577 e. The van der Waals surface area contributed by atoms with Crippen molar-refractivity contribution in [3.8, 4) is 0 Å². The van der Waals surface area contributed by atoms with E-state index in [-0.39, 0.29) is 23.7 Å². The summed E-state index contributed by atoms with van der Waals surface area (Å²) >= 11 is 0. The molecular weight excluding hydrogens is 348 g/mol. The standard InChI is InChI=1S/C25H44O3/c1-15(5-6-16(2)26)19-7-8-20-18-14-23(28)22-13-17(27)9-11-25(22,4)21(18)10-12-24(19,20)3/h15-23,26-28H,5-14H2,1-4H3. The first kappa shape index (κ1) is 21.1. The van der Waals surface area contributed by atoms with Crippen molar-refractivity contribution in [3.63, 3.8) is 0 Å². The zero-order valence-corrected chi connectivity index (χ0v) is 18.6. The van der Waals surface area contributed by atoms with Gasteiger partial charge < -0.3 is 15.3 Å². The number of rotatable bonds is 4. The second-order valence-electron chi connectivity index (χ2n) is 11.9. The molecule has 0 amide bonds. The Morgan fingerprint density at radius 3 is 2.21 bits per heavy atom. The fourth-order valence-electron chi connectivity index (χ4n) is 8.96. The van der Waals surface area contributed by atoms with Crippen molar-refractivity contribution in [3.05, 3.63) is 0 Å². The molecular formula is C25H44O3. The summed E-state index contributed by atoms with van der Waals surface area (Å²) in [5.74, 6) is 3.90. The number of aliphatic hydroxyl groups is 3. The molecule has 162 valence electrons. The van der Waals surface area contributed by atoms with Gasteiger partial charge in [0.15, 0.2) is 0 Å². The molecule has 0 heterocycles. The summed E-state index contributed by atoms with van der Waals surface area (Å²) in [4.78, 5) is 0. The Kier molecular flexibility index (Phi) is 5.69. The molecule has 3 nitrogen and oxygen atoms in total. The summed E-state index contributed by atoms with van der Waals surface area (Å²) in [6.07, 6.45) is 10.5. The van der Waals surface area contributed by atoms with Crippen molar-refractivity contribution < 1.29 is 15.3 Å². The van der Waals surface area contributed by atoms with E-state index in [2.05, 4.69) is 20.8 Å². The summed E-state index contributed by atoms with van der Waals surface area (Å²) in [7, 11) is 0. The minimum atomic E-state index is -0.227. The lowest BCUT2D eigenvalue weighted by Gasteiger charge is -2.62. The maximum absolute atomic E-state index is 11.1. The Balaban J connectivity index is 1.54. The van der Waals surface area contributed by atoms with Crippen molar-refractivity contribution in [2.45, 2.75) is 110 Å². The van der Waals surface area contributed by atoms with Gasteiger partial charge in [0.05, 0.1) is 18.3 Å². The van der Waals surface area contributed by atoms with Crippen LogP contribution >= 0.6 is 0 Å². The molecule has 3 N–H and O–H groups in total. The molecule has 3 heteroatoms. The largest absolute Gasteiger partial charge is 0.393 e. The summed E-state index contributed by atoms with van der Waals surface area (Å²) in [6.45, 7) is 9.35. The van der Waals surface area contributed by atoms with Crippen molar-refractivity contribution >= 4 is 0 Å². The zero-order chi connectivity index (χ0) is 20.3. The monoisotopic (exact) mass is 392 g/mol. The molecule has 4 fully saturated rings. The second kappa shape index (κ2) is 7.54. The highest BCUT2D eigenvalue weighted by Crippen LogP contribution is 2.68. The van der Waals surface area contributed by atoms with Gasteiger partial charge in [-0.25, -0.2) is 0 Å². The van der Waals surface area contributed by atoms with Crippen LogP contribution in [0.3, 0.4) is 0 Å². The maximum atomic E-state index is 11.1. The fourth-order valence-corrected chi connectivity index (χ4v) is 8.96. The molecule has 0 spiro atoms. The second-order valence-corrected chi connectivity index (χ2v) is 11.9. The number of aliphatic hydroxyl groups excluding tert-OH is 3. The molecule has 11 atom stereocenters. The molecule has 4 aliphatic carbocycles. The Labute approximate surface area is 172 Å². The molecule has 28 heavy (non-hydrogen) atoms. The lowest BCUT2D eigenvalue weighted by Crippen LogP contribution is -2.58. The first-order valence-electron chi connectivity index (χ1n) is 12.2. The van der Waals surface area contributed by atoms with Crippen LogP contribution in [0.1, 0.15) is 91.9 Å². The molecule has 0 saturated heterocycles. The van der Waals surface area contributed by atoms with Gasteiger partial charge in [0.1, 0.15) is 0 Å². The molecule has 0 aliphatic heterocycles. The van der Waals surface area contributed by atoms with Crippen molar-refractivity contribution in [2.24, 2.45) is 46.3 Å². The quantitative estimate of drug-likeness (QED) is 0.645. The first-order valence-corrected chi connectivity index (χ1v) is 12.2. The molecule has 11 unspecified atom stereocenters. The summed E-state index contributed by atoms with van der Waals surface area (Å²) in [6, 6.07) is 0. The molecule has 0 radical (unpaired) electrons. The smallest absolute Gasteiger partial charge is 0.0577 e. The van der Waals surface area contributed by atoms with E-state index in [4.69, 9.17) is 0 Å². The molecule has 4 aliphatic rings. The van der Waals surface area contributed by atoms with Crippen LogP contribution in [0.5, 0.6) is 0 Å². The third-order valence-corrected chi connectivity index (χ3v) is 10.5. The molecule has 0 bridgehead atoms. The number of hydrogen-bond donors (Lipinski definition) is 3. The lowest BCUT2D eigenvalue weighted by molar-refractivity contribution is -0.172. The van der Waals surface area contributed by atoms with Crippen LogP contribution in [0.25, 0.3) is 0 Å². The molecule has 0 aromatic carbocycles. The molecule has 0 aromatic heterocycles. The lowest BCUT2D eigenvalue weighted by atomic mass is 9.44. The Hall–Kier alpha value is -0.120. The van der Waals surface area contributed by atoms with Crippen molar-refractivity contribution in [1.82, 2.24) is 0 Å². The van der Waals surface area contributed by atoms with Crippen LogP contribution in [0.4, 0.5) is 0 Å². The van der Waals surface area contributed by atoms with Crippen LogP contribution in [-0.2, 0) is 0 Å². The normalized spacial score (nSPS) is 53.0. The van der Waals surface area contributed by atoms with Crippen molar-refractivity contribution in [1.29, 1.82) is 0 Å². The topological polar surface area (TPSA) is 60.7 Å². The summed E-state index contributed by atoms with van der Waals surface area (Å²) in [5.41, 5.74) is 0.634. The minimum Gasteiger partial charge on any atom is -0.393 e. The molecule has 4 saturated carbocycles. The highest BCUT2D eigenvalue weighted by atomic mass is 16.3. The highest BCUT2D eigenvalue weighted by molar-refractivity contribution is 5.11. The third kappa shape index (κ3) is 3.28. The van der Waals surface area contributed by atoms with Gasteiger partial charge >= 0.3 is 0 Å². The predicted octanol–water partition coefficient (Wildman–Crippen LogP) is 4.77. The highest BCUT2D eigenvalue weighted by Gasteiger charge is 2.62. The molecule has 0 aromatic rings. The third-order valence-electron chi connectivity index (χ3n) is 10.5. The van der Waals surface area contributed by atoms with E-state index >= 15 is 0 Å². The Bertz CT molecular complexity index is 562. The average Bonchev–Trinajstić information content (AvgIpc) is 2.99. The zero-order valence-electron chi connectivity index (χ0n) is 18.6. The summed E-state index contributed by atoms with van der Waals surface area (Å²) in [5, 5.41) is 31.1. The molecule has 4 rings (SSSR count). The van der Waals surface area contributed by atoms with Crippen LogP contribution < -0.4 is 0 Å². The van der Waals surface area contributed by atoms with Gasteiger partial charge in [-0.2, -0.15) is 0 Å². The van der Waals surface area contributed by atoms with E-state index in [9.17, 15) is 15.3 Å². The first-order chi connectivity index (χ1) is 13.2. The number of fused-ring (bicyclic) bond motifs is 5. The van der Waals surface area contributed by atoms with Crippen molar-refractivity contribution in [2.75, 3.05) is 0 Å². The van der Waals surface area contributed by atoms with Crippen LogP contribution in [-0.4, -0.2) is 33.6 Å². The van der Waals surface area contributed by atoms with E-state index < -0.39 is 0 Å². The van der Waals surface area contributed by atoms with E-state index in [0.29, 0.717) is 23.2 Å². The fraction of sp³-hybridized carbons (Fsp3) is 1.00. The minimum absolute atomic E-state index is 0.185. The van der Waals surface area contributed by atoms with E-state index in [0.717, 1.165) is 56.3 Å². The Morgan fingerprint density at radius 1 is 0.821 bits per heavy atom. The van der Waals surface area contributed by atoms with Crippen LogP contribution in [0.15, 0.2) is 0 Å². The van der Waals surface area contributed by atoms with Gasteiger partial charge in [0.2, 0.25) is 0 Å². The van der Waals surface area contributed by atoms with Gasteiger partial charge in [0.25, 0.3) is 0 Å². The van der Waals surface area contributed by atoms with E-state index in [1.807, 2.05) is 6.92 Å². The van der Waals surface area contributed by atoms with Gasteiger partial charge in [-0.1, -0.05) is 20.8 Å². The van der Waals surface area contributed by atoms with E-state index in [1.54, 1.807) is 0 Å². The van der Waals surface area contributed by atoms with Gasteiger partial charge in [-0.3, -0.25) is 0 Å². The summed E-state index contributed by atoms with van der Waals surface area (Å²) < 4.78 is 0. The van der Waals surface area contributed by atoms with Gasteiger partial charge in [-0.15, -0.1) is 0 Å². The van der Waals surface area contributed by atoms with Crippen LogP contribution in [0, 0.1) is 46.3 Å². The number of hydrogen-bond acceptors (Lipinski definition) is 3. The Morgan fingerprint density at radius 2 is 1.50 bits per heavy atom. The van der Waals surface area contributed by atoms with Gasteiger partial charge in [0, 0.05) is 0 Å². The predicted molar refractivity (Wildman–Crippen MR) is 113 cm³/mol.